The molecule has 1 aromatic carbocycles. The fraction of sp³-hybridized carbons (Fsp3) is 0.600. The van der Waals surface area contributed by atoms with Gasteiger partial charge in [-0.15, -0.1) is 0 Å². The normalized spacial score (nSPS) is 12.4. The van der Waals surface area contributed by atoms with Crippen LogP contribution in [-0.2, 0) is 0 Å². The zero-order chi connectivity index (χ0) is 12.7. The quantitative estimate of drug-likeness (QED) is 0.694. The molecule has 0 amide bonds. The molecule has 2 nitrogen and oxygen atoms in total. The first kappa shape index (κ1) is 13.9. The number of anilines is 2. The highest BCUT2D eigenvalue weighted by atomic mass is 14.9. The second kappa shape index (κ2) is 7.21. The lowest BCUT2D eigenvalue weighted by atomic mass is 9.99. The molecule has 0 aliphatic rings. The van der Waals surface area contributed by atoms with E-state index in [1.807, 2.05) is 12.1 Å². The van der Waals surface area contributed by atoms with Crippen LogP contribution in [0.25, 0.3) is 0 Å². The average Bonchev–Trinajstić information content (AvgIpc) is 2.28. The fourth-order valence-corrected chi connectivity index (χ4v) is 2.12. The standard InChI is InChI=1S/C15H26N2/c1-4-6-7-13(5-2)11-17-15-9-12(3)8-14(16)10-15/h8-10,13,17H,4-7,11,16H2,1-3H3. The second-order valence-corrected chi connectivity index (χ2v) is 4.93. The molecule has 0 aliphatic carbocycles. The summed E-state index contributed by atoms with van der Waals surface area (Å²) in [6, 6.07) is 6.17. The summed E-state index contributed by atoms with van der Waals surface area (Å²) in [6.45, 7) is 7.66. The van der Waals surface area contributed by atoms with Gasteiger partial charge in [-0.1, -0.05) is 33.1 Å². The molecule has 0 heterocycles. The van der Waals surface area contributed by atoms with E-state index in [1.165, 1.54) is 31.2 Å². The molecule has 3 N–H and O–H groups in total. The van der Waals surface area contributed by atoms with E-state index in [-0.39, 0.29) is 0 Å². The zero-order valence-electron chi connectivity index (χ0n) is 11.4. The monoisotopic (exact) mass is 234 g/mol. The molecule has 0 radical (unpaired) electrons. The van der Waals surface area contributed by atoms with Gasteiger partial charge in [-0.3, -0.25) is 0 Å². The molecule has 17 heavy (non-hydrogen) atoms. The van der Waals surface area contributed by atoms with Crippen molar-refractivity contribution in [2.75, 3.05) is 17.6 Å². The van der Waals surface area contributed by atoms with E-state index >= 15 is 0 Å². The summed E-state index contributed by atoms with van der Waals surface area (Å²) in [5.74, 6) is 0.775. The summed E-state index contributed by atoms with van der Waals surface area (Å²) in [5, 5.41) is 3.51. The molecular weight excluding hydrogens is 208 g/mol. The number of benzene rings is 1. The van der Waals surface area contributed by atoms with Crippen LogP contribution < -0.4 is 11.1 Å². The first-order chi connectivity index (χ1) is 8.15. The van der Waals surface area contributed by atoms with Crippen LogP contribution in [0.1, 0.15) is 45.1 Å². The number of unbranched alkanes of at least 4 members (excludes halogenated alkanes) is 1. The molecule has 96 valence electrons. The van der Waals surface area contributed by atoms with Crippen molar-refractivity contribution in [3.8, 4) is 0 Å². The van der Waals surface area contributed by atoms with E-state index in [1.54, 1.807) is 0 Å². The van der Waals surface area contributed by atoms with Gasteiger partial charge in [-0.25, -0.2) is 0 Å². The Hall–Kier alpha value is -1.18. The van der Waals surface area contributed by atoms with Crippen LogP contribution in [0.3, 0.4) is 0 Å². The third-order valence-corrected chi connectivity index (χ3v) is 3.24. The van der Waals surface area contributed by atoms with Crippen molar-refractivity contribution in [3.05, 3.63) is 23.8 Å². The Balaban J connectivity index is 2.47. The van der Waals surface area contributed by atoms with Crippen molar-refractivity contribution in [2.24, 2.45) is 5.92 Å². The lowest BCUT2D eigenvalue weighted by molar-refractivity contribution is 0.473. The Labute approximate surface area is 106 Å². The largest absolute Gasteiger partial charge is 0.399 e. The Morgan fingerprint density at radius 3 is 2.59 bits per heavy atom. The van der Waals surface area contributed by atoms with Crippen molar-refractivity contribution in [3.63, 3.8) is 0 Å². The van der Waals surface area contributed by atoms with Crippen molar-refractivity contribution in [1.29, 1.82) is 0 Å². The molecule has 0 spiro atoms. The van der Waals surface area contributed by atoms with Gasteiger partial charge in [-0.2, -0.15) is 0 Å². The number of hydrogen-bond donors (Lipinski definition) is 2. The lowest BCUT2D eigenvalue weighted by Gasteiger charge is -2.16. The van der Waals surface area contributed by atoms with Crippen LogP contribution in [-0.4, -0.2) is 6.54 Å². The number of nitrogen functional groups attached to an aromatic ring is 1. The van der Waals surface area contributed by atoms with Crippen molar-refractivity contribution in [1.82, 2.24) is 0 Å². The molecule has 0 aromatic heterocycles. The van der Waals surface area contributed by atoms with E-state index in [2.05, 4.69) is 32.2 Å². The third-order valence-electron chi connectivity index (χ3n) is 3.24. The Bertz CT molecular complexity index is 313. The molecule has 0 bridgehead atoms. The molecule has 1 aromatic rings. The van der Waals surface area contributed by atoms with E-state index in [9.17, 15) is 0 Å². The summed E-state index contributed by atoms with van der Waals surface area (Å²) >= 11 is 0. The van der Waals surface area contributed by atoms with Gasteiger partial charge in [0.1, 0.15) is 0 Å². The molecule has 1 unspecified atom stereocenters. The van der Waals surface area contributed by atoms with Gasteiger partial charge in [0.2, 0.25) is 0 Å². The predicted molar refractivity (Wildman–Crippen MR) is 77.4 cm³/mol. The molecule has 0 aliphatic heterocycles. The van der Waals surface area contributed by atoms with E-state index < -0.39 is 0 Å². The predicted octanol–water partition coefficient (Wildman–Crippen LogP) is 4.21. The minimum atomic E-state index is 0.775. The van der Waals surface area contributed by atoms with Crippen molar-refractivity contribution < 1.29 is 0 Å². The maximum Gasteiger partial charge on any atom is 0.0363 e. The van der Waals surface area contributed by atoms with Gasteiger partial charge >= 0.3 is 0 Å². The summed E-state index contributed by atoms with van der Waals surface area (Å²) in [4.78, 5) is 0. The van der Waals surface area contributed by atoms with Crippen molar-refractivity contribution >= 4 is 11.4 Å². The van der Waals surface area contributed by atoms with Gasteiger partial charge in [0.25, 0.3) is 0 Å². The molecule has 1 rings (SSSR count). The van der Waals surface area contributed by atoms with Crippen LogP contribution >= 0.6 is 0 Å². The number of nitrogens with two attached hydrogens (primary N) is 1. The molecule has 0 fully saturated rings. The number of aryl methyl sites for hydroxylation is 1. The van der Waals surface area contributed by atoms with E-state index in [0.29, 0.717) is 0 Å². The van der Waals surface area contributed by atoms with E-state index in [4.69, 9.17) is 5.73 Å². The summed E-state index contributed by atoms with van der Waals surface area (Å²) in [6.07, 6.45) is 5.18. The number of rotatable bonds is 7. The molecule has 1 atom stereocenters. The highest BCUT2D eigenvalue weighted by Crippen LogP contribution is 2.18. The van der Waals surface area contributed by atoms with Crippen LogP contribution in [0.2, 0.25) is 0 Å². The lowest BCUT2D eigenvalue weighted by Crippen LogP contribution is -2.13. The smallest absolute Gasteiger partial charge is 0.0363 e. The van der Waals surface area contributed by atoms with E-state index in [0.717, 1.165) is 23.8 Å². The first-order valence-corrected chi connectivity index (χ1v) is 6.76. The molecule has 2 heteroatoms. The minimum absolute atomic E-state index is 0.775. The fourth-order valence-electron chi connectivity index (χ4n) is 2.12. The van der Waals surface area contributed by atoms with Crippen LogP contribution in [0.4, 0.5) is 11.4 Å². The number of nitrogens with one attached hydrogen (secondary N) is 1. The van der Waals surface area contributed by atoms with Gasteiger partial charge in [0.15, 0.2) is 0 Å². The molecule has 0 saturated heterocycles. The van der Waals surface area contributed by atoms with Gasteiger partial charge in [-0.05, 0) is 43.0 Å². The Morgan fingerprint density at radius 2 is 2.00 bits per heavy atom. The van der Waals surface area contributed by atoms with Gasteiger partial charge < -0.3 is 11.1 Å². The Kier molecular flexibility index (Phi) is 5.88. The molecular formula is C15H26N2. The SMILES string of the molecule is CCCCC(CC)CNc1cc(C)cc(N)c1. The molecule has 0 saturated carbocycles. The highest BCUT2D eigenvalue weighted by Gasteiger charge is 2.05. The Morgan fingerprint density at radius 1 is 1.24 bits per heavy atom. The van der Waals surface area contributed by atoms with Gasteiger partial charge in [0, 0.05) is 17.9 Å². The highest BCUT2D eigenvalue weighted by molar-refractivity contribution is 5.56. The summed E-state index contributed by atoms with van der Waals surface area (Å²) < 4.78 is 0. The zero-order valence-corrected chi connectivity index (χ0v) is 11.4. The number of hydrogen-bond acceptors (Lipinski definition) is 2. The van der Waals surface area contributed by atoms with Crippen molar-refractivity contribution in [2.45, 2.75) is 46.5 Å². The maximum absolute atomic E-state index is 5.84. The maximum atomic E-state index is 5.84. The van der Waals surface area contributed by atoms with Gasteiger partial charge in [0.05, 0.1) is 0 Å². The van der Waals surface area contributed by atoms with Crippen LogP contribution in [0.5, 0.6) is 0 Å². The summed E-state index contributed by atoms with van der Waals surface area (Å²) in [7, 11) is 0. The topological polar surface area (TPSA) is 38.0 Å². The average molecular weight is 234 g/mol. The minimum Gasteiger partial charge on any atom is -0.399 e. The van der Waals surface area contributed by atoms with Crippen LogP contribution in [0.15, 0.2) is 18.2 Å². The second-order valence-electron chi connectivity index (χ2n) is 4.93. The summed E-state index contributed by atoms with van der Waals surface area (Å²) in [5.41, 5.74) is 9.05. The first-order valence-electron chi connectivity index (χ1n) is 6.76. The third kappa shape index (κ3) is 5.12. The van der Waals surface area contributed by atoms with Crippen LogP contribution in [0, 0.1) is 12.8 Å².